The van der Waals surface area contributed by atoms with Crippen molar-refractivity contribution in [3.63, 3.8) is 0 Å². The van der Waals surface area contributed by atoms with Gasteiger partial charge in [0.1, 0.15) is 34.1 Å². The van der Waals surface area contributed by atoms with Gasteiger partial charge in [0.2, 0.25) is 17.6 Å². The van der Waals surface area contributed by atoms with E-state index in [-0.39, 0.29) is 23.7 Å². The number of thiazole rings is 1. The number of carbonyl (C=O) groups excluding carboxylic acids is 4. The molecule has 1 saturated heterocycles. The third kappa shape index (κ3) is 11.0. The molecule has 2 aliphatic rings. The number of hydrogen-bond donors (Lipinski definition) is 1. The van der Waals surface area contributed by atoms with E-state index in [1.807, 2.05) is 17.0 Å². The Hall–Kier alpha value is -2.99. The SMILES string of the molecule is CC(C(=O)NC(C(=O)N1CCC[C@H]1c1nc(C(=O)c2cccc(OCCCCCCBr)c2)cs1)C1CCCCC1)N(C)C(=O)OC(C)(C)C. The summed E-state index contributed by atoms with van der Waals surface area (Å²) in [7, 11) is 1.53. The number of benzene rings is 1. The predicted octanol–water partition coefficient (Wildman–Crippen LogP) is 7.69. The largest absolute Gasteiger partial charge is 0.494 e. The van der Waals surface area contributed by atoms with Crippen LogP contribution in [0.15, 0.2) is 29.6 Å². The summed E-state index contributed by atoms with van der Waals surface area (Å²) in [6, 6.07) is 5.41. The smallest absolute Gasteiger partial charge is 0.410 e. The van der Waals surface area contributed by atoms with Crippen LogP contribution < -0.4 is 10.1 Å². The van der Waals surface area contributed by atoms with Crippen LogP contribution in [0.1, 0.15) is 125 Å². The molecule has 49 heavy (non-hydrogen) atoms. The molecule has 1 saturated carbocycles. The van der Waals surface area contributed by atoms with E-state index < -0.39 is 29.7 Å². The Morgan fingerprint density at radius 2 is 1.80 bits per heavy atom. The van der Waals surface area contributed by atoms with Gasteiger partial charge < -0.3 is 19.7 Å². The van der Waals surface area contributed by atoms with Gasteiger partial charge in [0.05, 0.1) is 12.6 Å². The molecule has 12 heteroatoms. The highest BCUT2D eigenvalue weighted by Crippen LogP contribution is 2.37. The summed E-state index contributed by atoms with van der Waals surface area (Å²) >= 11 is 4.85. The van der Waals surface area contributed by atoms with E-state index in [9.17, 15) is 19.2 Å². The highest BCUT2D eigenvalue weighted by Gasteiger charge is 2.41. The van der Waals surface area contributed by atoms with Crippen molar-refractivity contribution < 1.29 is 28.7 Å². The minimum atomic E-state index is -0.830. The third-order valence-corrected chi connectivity index (χ3v) is 10.8. The molecule has 3 amide bonds. The molecule has 0 radical (unpaired) electrons. The summed E-state index contributed by atoms with van der Waals surface area (Å²) in [4.78, 5) is 61.9. The third-order valence-electron chi connectivity index (χ3n) is 9.30. The standard InChI is InChI=1S/C37H53BrN4O6S/c1-25(41(5)36(46)48-37(2,3)4)33(44)40-31(26-15-9-8-10-16-26)35(45)42-21-14-19-30(42)34-39-29(24-49-34)32(43)27-17-13-18-28(23-27)47-22-12-7-6-11-20-38/h13,17-18,23-26,30-31H,6-12,14-16,19-22H2,1-5H3,(H,40,44)/t25?,30-,31?/m0/s1. The van der Waals surface area contributed by atoms with E-state index >= 15 is 0 Å². The number of nitrogens with zero attached hydrogens (tertiary/aromatic N) is 3. The molecule has 2 aromatic rings. The lowest BCUT2D eigenvalue weighted by Crippen LogP contribution is -2.56. The monoisotopic (exact) mass is 760 g/mol. The minimum Gasteiger partial charge on any atom is -0.494 e. The van der Waals surface area contributed by atoms with Crippen LogP contribution in [-0.4, -0.2) is 81.7 Å². The first kappa shape index (κ1) is 38.8. The molecule has 3 atom stereocenters. The number of amides is 3. The quantitative estimate of drug-likeness (QED) is 0.112. The van der Waals surface area contributed by atoms with Gasteiger partial charge in [0.25, 0.3) is 0 Å². The Bertz CT molecular complexity index is 1420. The van der Waals surface area contributed by atoms with Crippen LogP contribution in [0.4, 0.5) is 4.79 Å². The number of nitrogens with one attached hydrogen (secondary N) is 1. The zero-order chi connectivity index (χ0) is 35.6. The molecule has 1 aliphatic carbocycles. The number of likely N-dealkylation sites (N-methyl/N-ethyl adjacent to an activating group) is 1. The van der Waals surface area contributed by atoms with E-state index in [0.717, 1.165) is 81.0 Å². The average molecular weight is 762 g/mol. The number of aromatic nitrogens is 1. The van der Waals surface area contributed by atoms with Gasteiger partial charge in [-0.05, 0) is 84.3 Å². The fourth-order valence-corrected chi connectivity index (χ4v) is 7.76. The Kier molecular flexibility index (Phi) is 14.5. The van der Waals surface area contributed by atoms with Gasteiger partial charge in [-0.2, -0.15) is 0 Å². The molecule has 4 rings (SSSR count). The highest BCUT2D eigenvalue weighted by atomic mass is 79.9. The number of halogens is 1. The van der Waals surface area contributed by atoms with Crippen LogP contribution in [0.2, 0.25) is 0 Å². The van der Waals surface area contributed by atoms with Gasteiger partial charge in [0, 0.05) is 29.9 Å². The fourth-order valence-electron chi connectivity index (χ4n) is 6.42. The Morgan fingerprint density at radius 1 is 1.06 bits per heavy atom. The van der Waals surface area contributed by atoms with Crippen LogP contribution in [0.25, 0.3) is 0 Å². The first-order chi connectivity index (χ1) is 23.4. The highest BCUT2D eigenvalue weighted by molar-refractivity contribution is 9.09. The van der Waals surface area contributed by atoms with Crippen molar-refractivity contribution in [2.24, 2.45) is 5.92 Å². The Balaban J connectivity index is 1.44. The van der Waals surface area contributed by atoms with Crippen molar-refractivity contribution in [1.82, 2.24) is 20.1 Å². The lowest BCUT2D eigenvalue weighted by Gasteiger charge is -2.36. The van der Waals surface area contributed by atoms with Gasteiger partial charge in [-0.15, -0.1) is 11.3 Å². The number of likely N-dealkylation sites (tertiary alicyclic amines) is 1. The normalized spacial score (nSPS) is 18.1. The first-order valence-electron chi connectivity index (χ1n) is 17.7. The van der Waals surface area contributed by atoms with E-state index in [1.54, 1.807) is 45.2 Å². The summed E-state index contributed by atoms with van der Waals surface area (Å²) in [6.07, 6.45) is 10.1. The molecule has 270 valence electrons. The topological polar surface area (TPSA) is 118 Å². The van der Waals surface area contributed by atoms with Gasteiger partial charge in [0.15, 0.2) is 0 Å². The molecule has 0 bridgehead atoms. The molecule has 1 aliphatic heterocycles. The van der Waals surface area contributed by atoms with Crippen LogP contribution in [0, 0.1) is 5.92 Å². The predicted molar refractivity (Wildman–Crippen MR) is 195 cm³/mol. The summed E-state index contributed by atoms with van der Waals surface area (Å²) in [6.45, 7) is 8.13. The maximum absolute atomic E-state index is 14.3. The van der Waals surface area contributed by atoms with Crippen LogP contribution in [-0.2, 0) is 14.3 Å². The number of unbranched alkanes of at least 4 members (excludes halogenated alkanes) is 3. The second kappa shape index (κ2) is 18.3. The molecule has 2 fully saturated rings. The lowest BCUT2D eigenvalue weighted by atomic mass is 9.83. The lowest BCUT2D eigenvalue weighted by molar-refractivity contribution is -0.140. The van der Waals surface area contributed by atoms with E-state index in [4.69, 9.17) is 14.5 Å². The van der Waals surface area contributed by atoms with E-state index in [1.165, 1.54) is 23.3 Å². The van der Waals surface area contributed by atoms with Crippen molar-refractivity contribution >= 4 is 51.0 Å². The average Bonchev–Trinajstić information content (AvgIpc) is 3.78. The van der Waals surface area contributed by atoms with E-state index in [0.29, 0.717) is 30.2 Å². The van der Waals surface area contributed by atoms with Gasteiger partial charge in [-0.25, -0.2) is 9.78 Å². The number of hydrogen-bond acceptors (Lipinski definition) is 8. The minimum absolute atomic E-state index is 0.00253. The van der Waals surface area contributed by atoms with Crippen molar-refractivity contribution in [1.29, 1.82) is 0 Å². The fraction of sp³-hybridized carbons (Fsp3) is 0.649. The molecule has 1 N–H and O–H groups in total. The molecule has 1 aromatic heterocycles. The van der Waals surface area contributed by atoms with Gasteiger partial charge in [-0.3, -0.25) is 19.3 Å². The maximum Gasteiger partial charge on any atom is 0.410 e. The van der Waals surface area contributed by atoms with Gasteiger partial charge in [-0.1, -0.05) is 60.2 Å². The Labute approximate surface area is 303 Å². The van der Waals surface area contributed by atoms with Gasteiger partial charge >= 0.3 is 6.09 Å². The maximum atomic E-state index is 14.3. The summed E-state index contributed by atoms with van der Waals surface area (Å²) in [5.74, 6) is -0.0397. The summed E-state index contributed by atoms with van der Waals surface area (Å²) < 4.78 is 11.4. The first-order valence-corrected chi connectivity index (χ1v) is 19.8. The van der Waals surface area contributed by atoms with Crippen LogP contribution in [0.5, 0.6) is 5.75 Å². The summed E-state index contributed by atoms with van der Waals surface area (Å²) in [5.41, 5.74) is 0.165. The zero-order valence-corrected chi connectivity index (χ0v) is 32.1. The van der Waals surface area contributed by atoms with Crippen LogP contribution in [0.3, 0.4) is 0 Å². The molecule has 0 spiro atoms. The molecule has 10 nitrogen and oxygen atoms in total. The second-order valence-electron chi connectivity index (χ2n) is 14.2. The number of ketones is 1. The molecular formula is C37H53BrN4O6S. The number of carbonyl (C=O) groups is 4. The molecule has 2 heterocycles. The summed E-state index contributed by atoms with van der Waals surface area (Å²) in [5, 5.41) is 6.55. The van der Waals surface area contributed by atoms with Crippen molar-refractivity contribution in [2.45, 2.75) is 122 Å². The van der Waals surface area contributed by atoms with Crippen molar-refractivity contribution in [3.8, 4) is 5.75 Å². The number of rotatable bonds is 15. The molecule has 1 aromatic carbocycles. The van der Waals surface area contributed by atoms with Crippen molar-refractivity contribution in [3.05, 3.63) is 45.9 Å². The van der Waals surface area contributed by atoms with Crippen LogP contribution >= 0.6 is 27.3 Å². The van der Waals surface area contributed by atoms with E-state index in [2.05, 4.69) is 21.2 Å². The Morgan fingerprint density at radius 3 is 2.51 bits per heavy atom. The molecule has 2 unspecified atom stereocenters. The van der Waals surface area contributed by atoms with Crippen molar-refractivity contribution in [2.75, 3.05) is 25.5 Å². The number of ether oxygens (including phenoxy) is 2. The number of alkyl halides is 1. The second-order valence-corrected chi connectivity index (χ2v) is 15.9. The zero-order valence-electron chi connectivity index (χ0n) is 29.7. The molecular weight excluding hydrogens is 708 g/mol.